The van der Waals surface area contributed by atoms with E-state index in [9.17, 15) is 0 Å². The highest BCUT2D eigenvalue weighted by Gasteiger charge is 1.95. The molecule has 0 aliphatic carbocycles. The first-order valence-electron chi connectivity index (χ1n) is 7.52. The molecule has 0 amide bonds. The second-order valence-corrected chi connectivity index (χ2v) is 4.91. The van der Waals surface area contributed by atoms with Crippen LogP contribution in [-0.2, 0) is 6.42 Å². The fourth-order valence-corrected chi connectivity index (χ4v) is 0.968. The zero-order valence-corrected chi connectivity index (χ0v) is 14.2. The minimum Gasteiger partial charge on any atom is -0.101 e. The Balaban J connectivity index is 0. The van der Waals surface area contributed by atoms with Gasteiger partial charge >= 0.3 is 0 Å². The van der Waals surface area contributed by atoms with Crippen molar-refractivity contribution in [2.24, 2.45) is 11.8 Å². The summed E-state index contributed by atoms with van der Waals surface area (Å²) in [6, 6.07) is 8.38. The largest absolute Gasteiger partial charge is 0.101 e. The predicted molar refractivity (Wildman–Crippen MR) is 89.4 cm³/mol. The lowest BCUT2D eigenvalue weighted by Gasteiger charge is -2.05. The van der Waals surface area contributed by atoms with Crippen LogP contribution in [0.4, 0.5) is 0 Å². The van der Waals surface area contributed by atoms with Crippen LogP contribution >= 0.6 is 0 Å². The lowest BCUT2D eigenvalue weighted by Crippen LogP contribution is -1.95. The lowest BCUT2D eigenvalue weighted by molar-refractivity contribution is 0.457. The van der Waals surface area contributed by atoms with Crippen LogP contribution in [0, 0.1) is 23.7 Å². The van der Waals surface area contributed by atoms with Gasteiger partial charge in [-0.05, 0) is 42.9 Å². The van der Waals surface area contributed by atoms with Crippen molar-refractivity contribution in [3.8, 4) is 11.8 Å². The standard InChI is InChI=1S/C11H12.C6H14.C2H6/c1-3-5-11-8-6-10(4-2)7-9-11;1-5(2)6(3)4;1-2/h6-9H,4H2,1-2H3;5-6H,1-4H3;1-2H3. The highest BCUT2D eigenvalue weighted by Crippen LogP contribution is 2.05. The molecular formula is C19H32. The van der Waals surface area contributed by atoms with Crippen LogP contribution in [0.3, 0.4) is 0 Å². The van der Waals surface area contributed by atoms with Gasteiger partial charge in [-0.15, -0.1) is 5.92 Å². The summed E-state index contributed by atoms with van der Waals surface area (Å²) < 4.78 is 0. The minimum absolute atomic E-state index is 0.852. The third kappa shape index (κ3) is 11.6. The van der Waals surface area contributed by atoms with Gasteiger partial charge in [-0.25, -0.2) is 0 Å². The monoisotopic (exact) mass is 260 g/mol. The van der Waals surface area contributed by atoms with E-state index >= 15 is 0 Å². The van der Waals surface area contributed by atoms with E-state index in [1.807, 2.05) is 20.8 Å². The van der Waals surface area contributed by atoms with Gasteiger partial charge in [0.05, 0.1) is 0 Å². The van der Waals surface area contributed by atoms with Gasteiger partial charge in [-0.1, -0.05) is 66.5 Å². The van der Waals surface area contributed by atoms with E-state index < -0.39 is 0 Å². The molecule has 0 spiro atoms. The summed E-state index contributed by atoms with van der Waals surface area (Å²) in [4.78, 5) is 0. The maximum atomic E-state index is 3.01. The van der Waals surface area contributed by atoms with E-state index in [0.29, 0.717) is 0 Å². The predicted octanol–water partition coefficient (Wildman–Crippen LogP) is 5.95. The van der Waals surface area contributed by atoms with Crippen molar-refractivity contribution in [2.75, 3.05) is 0 Å². The molecule has 0 fully saturated rings. The lowest BCUT2D eigenvalue weighted by atomic mass is 10.0. The van der Waals surface area contributed by atoms with Crippen LogP contribution in [0.25, 0.3) is 0 Å². The quantitative estimate of drug-likeness (QED) is 0.577. The molecule has 0 aliphatic heterocycles. The van der Waals surface area contributed by atoms with Crippen molar-refractivity contribution in [1.29, 1.82) is 0 Å². The Bertz CT molecular complexity index is 338. The van der Waals surface area contributed by atoms with E-state index in [-0.39, 0.29) is 0 Å². The number of aryl methyl sites for hydroxylation is 1. The molecule has 0 atom stereocenters. The Kier molecular flexibility index (Phi) is 14.0. The van der Waals surface area contributed by atoms with Gasteiger partial charge in [0.1, 0.15) is 0 Å². The van der Waals surface area contributed by atoms with E-state index in [1.54, 1.807) is 0 Å². The van der Waals surface area contributed by atoms with Crippen LogP contribution in [0.2, 0.25) is 0 Å². The summed E-state index contributed by atoms with van der Waals surface area (Å²) in [5.74, 6) is 7.58. The Morgan fingerprint density at radius 1 is 0.895 bits per heavy atom. The van der Waals surface area contributed by atoms with Gasteiger partial charge in [-0.2, -0.15) is 0 Å². The van der Waals surface area contributed by atoms with Gasteiger partial charge in [0.25, 0.3) is 0 Å². The Hall–Kier alpha value is -1.22. The van der Waals surface area contributed by atoms with Gasteiger partial charge in [-0.3, -0.25) is 0 Å². The van der Waals surface area contributed by atoms with Crippen molar-refractivity contribution < 1.29 is 0 Å². The van der Waals surface area contributed by atoms with Crippen molar-refractivity contribution in [2.45, 2.75) is 61.8 Å². The Morgan fingerprint density at radius 3 is 1.58 bits per heavy atom. The van der Waals surface area contributed by atoms with E-state index in [4.69, 9.17) is 0 Å². The van der Waals surface area contributed by atoms with E-state index in [1.165, 1.54) is 5.56 Å². The highest BCUT2D eigenvalue weighted by molar-refractivity contribution is 5.35. The molecule has 0 radical (unpaired) electrons. The SMILES string of the molecule is CC.CC#Cc1ccc(CC)cc1.CC(C)C(C)C. The molecule has 0 aliphatic rings. The molecule has 0 aromatic heterocycles. The van der Waals surface area contributed by atoms with Gasteiger partial charge in [0, 0.05) is 5.56 Å². The highest BCUT2D eigenvalue weighted by atomic mass is 14.0. The molecule has 1 aromatic rings. The summed E-state index contributed by atoms with van der Waals surface area (Å²) in [6.07, 6.45) is 1.10. The summed E-state index contributed by atoms with van der Waals surface area (Å²) >= 11 is 0. The normalized spacial score (nSPS) is 8.74. The summed E-state index contributed by atoms with van der Waals surface area (Å²) in [6.45, 7) is 17.0. The second kappa shape index (κ2) is 13.2. The molecule has 0 nitrogen and oxygen atoms in total. The van der Waals surface area contributed by atoms with Gasteiger partial charge in [0.2, 0.25) is 0 Å². The molecule has 0 saturated heterocycles. The Labute approximate surface area is 121 Å². The van der Waals surface area contributed by atoms with Crippen molar-refractivity contribution >= 4 is 0 Å². The molecule has 0 saturated carbocycles. The molecule has 19 heavy (non-hydrogen) atoms. The Morgan fingerprint density at radius 2 is 1.32 bits per heavy atom. The van der Waals surface area contributed by atoms with Crippen LogP contribution in [0.5, 0.6) is 0 Å². The van der Waals surface area contributed by atoms with Crippen LogP contribution in [0.1, 0.15) is 66.5 Å². The van der Waals surface area contributed by atoms with E-state index in [0.717, 1.165) is 23.8 Å². The average Bonchev–Trinajstić information content (AvgIpc) is 2.43. The van der Waals surface area contributed by atoms with Gasteiger partial charge < -0.3 is 0 Å². The van der Waals surface area contributed by atoms with Crippen molar-refractivity contribution in [3.05, 3.63) is 35.4 Å². The summed E-state index contributed by atoms with van der Waals surface area (Å²) in [5.41, 5.74) is 2.47. The van der Waals surface area contributed by atoms with Crippen molar-refractivity contribution in [1.82, 2.24) is 0 Å². The van der Waals surface area contributed by atoms with Gasteiger partial charge in [0.15, 0.2) is 0 Å². The third-order valence-corrected chi connectivity index (χ3v) is 2.96. The first-order chi connectivity index (χ1) is 9.01. The third-order valence-electron chi connectivity index (χ3n) is 2.96. The number of benzene rings is 1. The first kappa shape index (κ1) is 20.1. The topological polar surface area (TPSA) is 0 Å². The maximum Gasteiger partial charge on any atom is 0.0245 e. The average molecular weight is 260 g/mol. The van der Waals surface area contributed by atoms with Crippen molar-refractivity contribution in [3.63, 3.8) is 0 Å². The zero-order chi connectivity index (χ0) is 15.3. The minimum atomic E-state index is 0.852. The molecule has 0 heteroatoms. The van der Waals surface area contributed by atoms with Crippen LogP contribution < -0.4 is 0 Å². The summed E-state index contributed by atoms with van der Waals surface area (Å²) in [5, 5.41) is 0. The maximum absolute atomic E-state index is 3.01. The number of rotatable bonds is 2. The molecule has 0 heterocycles. The number of hydrogen-bond acceptors (Lipinski definition) is 0. The summed E-state index contributed by atoms with van der Waals surface area (Å²) in [7, 11) is 0. The molecule has 0 unspecified atom stereocenters. The molecular weight excluding hydrogens is 228 g/mol. The number of hydrogen-bond donors (Lipinski definition) is 0. The smallest absolute Gasteiger partial charge is 0.0245 e. The fourth-order valence-electron chi connectivity index (χ4n) is 0.968. The molecule has 0 bridgehead atoms. The molecule has 1 aromatic carbocycles. The van der Waals surface area contributed by atoms with Crippen LogP contribution in [0.15, 0.2) is 24.3 Å². The first-order valence-corrected chi connectivity index (χ1v) is 7.52. The fraction of sp³-hybridized carbons (Fsp3) is 0.579. The van der Waals surface area contributed by atoms with E-state index in [2.05, 4.69) is 70.7 Å². The molecule has 1 rings (SSSR count). The second-order valence-electron chi connectivity index (χ2n) is 4.91. The molecule has 108 valence electrons. The zero-order valence-electron chi connectivity index (χ0n) is 14.2. The van der Waals surface area contributed by atoms with Crippen LogP contribution in [-0.4, -0.2) is 0 Å². The molecule has 0 N–H and O–H groups in total.